The number of H-pyrrole nitrogens is 1. The molecule has 18 heavy (non-hydrogen) atoms. The second-order valence-corrected chi connectivity index (χ2v) is 4.27. The van der Waals surface area contributed by atoms with Gasteiger partial charge in [0, 0.05) is 18.0 Å². The molecule has 2 rings (SSSR count). The molecule has 1 aromatic heterocycles. The summed E-state index contributed by atoms with van der Waals surface area (Å²) in [5.74, 6) is -1.39. The molecule has 94 valence electrons. The minimum atomic E-state index is -0.853. The largest absolute Gasteiger partial charge is 0.481 e. The fourth-order valence-electron chi connectivity index (χ4n) is 1.81. The fraction of sp³-hybridized carbons (Fsp3) is 0.214. The van der Waals surface area contributed by atoms with Gasteiger partial charge >= 0.3 is 5.97 Å². The molecule has 1 aromatic carbocycles. The van der Waals surface area contributed by atoms with Crippen molar-refractivity contribution in [2.24, 2.45) is 0 Å². The lowest BCUT2D eigenvalue weighted by molar-refractivity contribution is -0.138. The molecule has 0 bridgehead atoms. The van der Waals surface area contributed by atoms with Crippen molar-refractivity contribution in [3.8, 4) is 0 Å². The minimum Gasteiger partial charge on any atom is -0.481 e. The lowest BCUT2D eigenvalue weighted by Gasteiger charge is -2.11. The number of rotatable bonds is 4. The van der Waals surface area contributed by atoms with E-state index in [1.165, 1.54) is 0 Å². The number of carboxylic acid groups (broad SMARTS) is 1. The second-order valence-electron chi connectivity index (χ2n) is 4.27. The second kappa shape index (κ2) is 5.06. The van der Waals surface area contributed by atoms with Crippen molar-refractivity contribution in [1.29, 1.82) is 0 Å². The van der Waals surface area contributed by atoms with Crippen LogP contribution in [0.1, 0.15) is 35.6 Å². The molecular weight excluding hydrogens is 230 g/mol. The molecule has 0 saturated carbocycles. The predicted octanol–water partition coefficient (Wildman–Crippen LogP) is 2.28. The normalized spacial score (nSPS) is 14.1. The number of benzene rings is 1. The minimum absolute atomic E-state index is 0.538. The van der Waals surface area contributed by atoms with E-state index in [-0.39, 0.29) is 0 Å². The Labute approximate surface area is 105 Å². The number of carboxylic acids is 1. The highest BCUT2D eigenvalue weighted by Crippen LogP contribution is 2.23. The Morgan fingerprint density at radius 3 is 2.22 bits per heavy atom. The third kappa shape index (κ3) is 2.43. The highest BCUT2D eigenvalue weighted by atomic mass is 16.4. The maximum absolute atomic E-state index is 10.9. The number of aromatic amines is 1. The van der Waals surface area contributed by atoms with Crippen LogP contribution in [-0.2, 0) is 4.79 Å². The molecule has 3 N–H and O–H groups in total. The Bertz CT molecular complexity index is 516. The van der Waals surface area contributed by atoms with Crippen LogP contribution in [0.15, 0.2) is 42.7 Å². The highest BCUT2D eigenvalue weighted by molar-refractivity contribution is 5.75. The molecule has 0 aliphatic carbocycles. The summed E-state index contributed by atoms with van der Waals surface area (Å²) in [6.07, 6.45) is 2.79. The number of hydrogen-bond acceptors (Lipinski definition) is 2. The van der Waals surface area contributed by atoms with Gasteiger partial charge in [-0.05, 0) is 24.1 Å². The van der Waals surface area contributed by atoms with Gasteiger partial charge in [-0.3, -0.25) is 4.79 Å². The molecular formula is C14H15NO3. The van der Waals surface area contributed by atoms with Crippen LogP contribution in [0.5, 0.6) is 0 Å². The molecule has 0 saturated heterocycles. The molecule has 4 nitrogen and oxygen atoms in total. The first-order valence-electron chi connectivity index (χ1n) is 5.73. The lowest BCUT2D eigenvalue weighted by atomic mass is 9.97. The summed E-state index contributed by atoms with van der Waals surface area (Å²) >= 11 is 0. The molecule has 2 atom stereocenters. The average Bonchev–Trinajstić information content (AvgIpc) is 2.91. The van der Waals surface area contributed by atoms with Crippen LogP contribution in [0, 0.1) is 0 Å². The summed E-state index contributed by atoms with van der Waals surface area (Å²) in [6.45, 7) is 1.64. The Morgan fingerprint density at radius 2 is 1.72 bits per heavy atom. The smallest absolute Gasteiger partial charge is 0.310 e. The van der Waals surface area contributed by atoms with Crippen molar-refractivity contribution in [1.82, 2.24) is 4.98 Å². The third-order valence-corrected chi connectivity index (χ3v) is 3.06. The fourth-order valence-corrected chi connectivity index (χ4v) is 1.81. The Balaban J connectivity index is 2.20. The van der Waals surface area contributed by atoms with Crippen molar-refractivity contribution in [2.75, 3.05) is 0 Å². The first kappa shape index (κ1) is 12.4. The van der Waals surface area contributed by atoms with Crippen LogP contribution >= 0.6 is 0 Å². The van der Waals surface area contributed by atoms with Gasteiger partial charge in [0.25, 0.3) is 0 Å². The number of hydrogen-bond donors (Lipinski definition) is 3. The van der Waals surface area contributed by atoms with Crippen LogP contribution in [-0.4, -0.2) is 21.2 Å². The molecule has 4 heteroatoms. The predicted molar refractivity (Wildman–Crippen MR) is 67.3 cm³/mol. The van der Waals surface area contributed by atoms with Gasteiger partial charge in [0.15, 0.2) is 0 Å². The van der Waals surface area contributed by atoms with Gasteiger partial charge in [-0.1, -0.05) is 24.3 Å². The monoisotopic (exact) mass is 245 g/mol. The van der Waals surface area contributed by atoms with E-state index in [1.807, 2.05) is 0 Å². The summed E-state index contributed by atoms with van der Waals surface area (Å²) in [5, 5.41) is 19.0. The van der Waals surface area contributed by atoms with Crippen molar-refractivity contribution in [3.05, 3.63) is 59.4 Å². The van der Waals surface area contributed by atoms with E-state index < -0.39 is 18.0 Å². The highest BCUT2D eigenvalue weighted by Gasteiger charge is 2.15. The number of aliphatic hydroxyl groups excluding tert-OH is 1. The zero-order valence-electron chi connectivity index (χ0n) is 10.00. The van der Waals surface area contributed by atoms with Gasteiger partial charge in [-0.15, -0.1) is 0 Å². The molecule has 0 aliphatic rings. The quantitative estimate of drug-likeness (QED) is 0.773. The van der Waals surface area contributed by atoms with Crippen molar-refractivity contribution >= 4 is 5.97 Å². The van der Waals surface area contributed by atoms with Crippen LogP contribution < -0.4 is 0 Å². The first-order valence-corrected chi connectivity index (χ1v) is 5.73. The molecule has 0 radical (unpaired) electrons. The van der Waals surface area contributed by atoms with Crippen LogP contribution in [0.3, 0.4) is 0 Å². The molecule has 0 fully saturated rings. The van der Waals surface area contributed by atoms with E-state index in [9.17, 15) is 9.90 Å². The van der Waals surface area contributed by atoms with Gasteiger partial charge < -0.3 is 15.2 Å². The van der Waals surface area contributed by atoms with E-state index >= 15 is 0 Å². The van der Waals surface area contributed by atoms with Crippen LogP contribution in [0.4, 0.5) is 0 Å². The Kier molecular flexibility index (Phi) is 3.48. The number of nitrogens with one attached hydrogen (secondary N) is 1. The van der Waals surface area contributed by atoms with E-state index in [0.29, 0.717) is 0 Å². The van der Waals surface area contributed by atoms with Crippen LogP contribution in [0.25, 0.3) is 0 Å². The summed E-state index contributed by atoms with van der Waals surface area (Å²) < 4.78 is 0. The van der Waals surface area contributed by atoms with Gasteiger partial charge in [-0.25, -0.2) is 0 Å². The van der Waals surface area contributed by atoms with Gasteiger partial charge in [0.1, 0.15) is 6.10 Å². The van der Waals surface area contributed by atoms with E-state index in [0.717, 1.165) is 16.7 Å². The molecule has 0 aliphatic heterocycles. The standard InChI is InChI=1S/C14H15NO3/c1-9(14(17)18)10-2-4-11(5-3-10)13(16)12-6-7-15-8-12/h2-9,13,15-16H,1H3,(H,17,18). The van der Waals surface area contributed by atoms with Crippen molar-refractivity contribution in [3.63, 3.8) is 0 Å². The SMILES string of the molecule is CC(C(=O)O)c1ccc(C(O)c2cc[nH]c2)cc1. The summed E-state index contributed by atoms with van der Waals surface area (Å²) in [4.78, 5) is 13.7. The maximum atomic E-state index is 10.9. The maximum Gasteiger partial charge on any atom is 0.310 e. The molecule has 2 aromatic rings. The van der Waals surface area contributed by atoms with E-state index in [2.05, 4.69) is 4.98 Å². The summed E-state index contributed by atoms with van der Waals surface area (Å²) in [6, 6.07) is 8.80. The van der Waals surface area contributed by atoms with Crippen molar-refractivity contribution in [2.45, 2.75) is 18.9 Å². The van der Waals surface area contributed by atoms with E-state index in [1.54, 1.807) is 49.6 Å². The number of aliphatic hydroxyl groups is 1. The topological polar surface area (TPSA) is 73.3 Å². The van der Waals surface area contributed by atoms with Gasteiger partial charge in [0.2, 0.25) is 0 Å². The van der Waals surface area contributed by atoms with Crippen LogP contribution in [0.2, 0.25) is 0 Å². The zero-order valence-corrected chi connectivity index (χ0v) is 10.00. The number of carbonyl (C=O) groups is 1. The first-order chi connectivity index (χ1) is 8.59. The van der Waals surface area contributed by atoms with Crippen molar-refractivity contribution < 1.29 is 15.0 Å². The Morgan fingerprint density at radius 1 is 1.11 bits per heavy atom. The molecule has 2 unspecified atom stereocenters. The lowest BCUT2D eigenvalue weighted by Crippen LogP contribution is -2.07. The van der Waals surface area contributed by atoms with Gasteiger partial charge in [0.05, 0.1) is 5.92 Å². The molecule has 0 amide bonds. The number of aromatic nitrogens is 1. The molecule has 0 spiro atoms. The number of aliphatic carboxylic acids is 1. The average molecular weight is 245 g/mol. The third-order valence-electron chi connectivity index (χ3n) is 3.06. The van der Waals surface area contributed by atoms with Gasteiger partial charge in [-0.2, -0.15) is 0 Å². The Hall–Kier alpha value is -2.07. The molecule has 1 heterocycles. The summed E-state index contributed by atoms with van der Waals surface area (Å²) in [7, 11) is 0. The summed E-state index contributed by atoms with van der Waals surface area (Å²) in [5.41, 5.74) is 2.26. The van der Waals surface area contributed by atoms with E-state index in [4.69, 9.17) is 5.11 Å². The zero-order chi connectivity index (χ0) is 13.1.